The number of anilines is 19. The first kappa shape index (κ1) is 43.8. The van der Waals surface area contributed by atoms with Gasteiger partial charge in [0.15, 0.2) is 0 Å². The van der Waals surface area contributed by atoms with Gasteiger partial charge in [-0.15, -0.1) is 0 Å². The lowest BCUT2D eigenvalue weighted by Gasteiger charge is -2.50. The number of nitrogens with one attached hydrogen (secondary N) is 2. The minimum absolute atomic E-state index is 0.0712. The van der Waals surface area contributed by atoms with Crippen LogP contribution < -0.4 is 66.5 Å². The highest BCUT2D eigenvalue weighted by molar-refractivity contribution is 7.39. The molecule has 8 heterocycles. The summed E-state index contributed by atoms with van der Waals surface area (Å²) < 4.78 is 2.73. The number of aryl methyl sites for hydroxylation is 1. The molecule has 10 heteroatoms. The molecule has 0 aliphatic carbocycles. The average Bonchev–Trinajstić information content (AvgIpc) is 3.50. The van der Waals surface area contributed by atoms with Gasteiger partial charge in [-0.05, 0) is 142 Å². The van der Waals surface area contributed by atoms with Crippen LogP contribution in [0.2, 0.25) is 0 Å². The van der Waals surface area contributed by atoms with Crippen molar-refractivity contribution in [1.82, 2.24) is 0 Å². The molecule has 12 aromatic rings. The van der Waals surface area contributed by atoms with E-state index in [0.29, 0.717) is 0 Å². The highest BCUT2D eigenvalue weighted by Crippen LogP contribution is 2.62. The summed E-state index contributed by atoms with van der Waals surface area (Å²) >= 11 is 2.04. The Labute approximate surface area is 474 Å². The van der Waals surface area contributed by atoms with Crippen LogP contribution in [0.15, 0.2) is 243 Å². The Bertz CT molecular complexity index is 4680. The minimum atomic E-state index is -0.107. The van der Waals surface area contributed by atoms with Gasteiger partial charge in [0.05, 0.1) is 73.9 Å². The van der Waals surface area contributed by atoms with E-state index in [1.807, 2.05) is 11.3 Å². The first-order chi connectivity index (χ1) is 40.1. The van der Waals surface area contributed by atoms with E-state index in [9.17, 15) is 0 Å². The molecule has 0 radical (unpaired) electrons. The quantitative estimate of drug-likeness (QED) is 0.166. The second kappa shape index (κ2) is 16.0. The van der Waals surface area contributed by atoms with Crippen LogP contribution in [-0.2, 0) is 0 Å². The van der Waals surface area contributed by atoms with Crippen LogP contribution in [0, 0.1) is 6.92 Å². The molecule has 0 saturated heterocycles. The van der Waals surface area contributed by atoms with Crippen molar-refractivity contribution < 1.29 is 0 Å². The van der Waals surface area contributed by atoms with Crippen LogP contribution >= 0.6 is 11.3 Å². The molecule has 1 aromatic heterocycles. The van der Waals surface area contributed by atoms with Gasteiger partial charge in [-0.3, -0.25) is 0 Å². The van der Waals surface area contributed by atoms with Crippen molar-refractivity contribution in [2.75, 3.05) is 35.1 Å². The van der Waals surface area contributed by atoms with Crippen molar-refractivity contribution in [3.8, 4) is 22.3 Å². The molecule has 0 bridgehead atoms. The van der Waals surface area contributed by atoms with Crippen molar-refractivity contribution in [1.29, 1.82) is 0 Å². The SMILES string of the molecule is Cc1cc2c3c(c1)N1c4ccccc4N4c5cc(N(c6ccccc6)c6ccccc6)cc6c5B(c5ccc(-c7ccccc7)c7c5N6c5ccccc5N7)c5sc(c1c54)B3c1cc(-c3ccccc3)cc3c1N2c1ccccc1N3. The number of fused-ring (bicyclic) bond motifs is 15. The third kappa shape index (κ3) is 5.78. The number of hydrogen-bond donors (Lipinski definition) is 2. The number of benzene rings is 11. The van der Waals surface area contributed by atoms with E-state index >= 15 is 0 Å². The molecule has 7 aliphatic heterocycles. The van der Waals surface area contributed by atoms with Crippen molar-refractivity contribution in [2.45, 2.75) is 6.92 Å². The minimum Gasteiger partial charge on any atom is -0.352 e. The summed E-state index contributed by atoms with van der Waals surface area (Å²) in [5.41, 5.74) is 33.4. The molecule has 19 rings (SSSR count). The summed E-state index contributed by atoms with van der Waals surface area (Å²) in [5, 5.41) is 8.07. The van der Waals surface area contributed by atoms with E-state index in [1.54, 1.807) is 0 Å². The number of nitrogens with zero attached hydrogens (tertiary/aromatic N) is 5. The second-order valence-corrected chi connectivity index (χ2v) is 23.3. The largest absolute Gasteiger partial charge is 0.352 e. The van der Waals surface area contributed by atoms with E-state index in [4.69, 9.17) is 0 Å². The van der Waals surface area contributed by atoms with Gasteiger partial charge in [0.25, 0.3) is 13.4 Å². The van der Waals surface area contributed by atoms with E-state index in [2.05, 4.69) is 285 Å². The maximum absolute atomic E-state index is 4.08. The lowest BCUT2D eigenvalue weighted by atomic mass is 9.34. The van der Waals surface area contributed by atoms with Crippen LogP contribution in [0.25, 0.3) is 22.3 Å². The molecule has 0 atom stereocenters. The van der Waals surface area contributed by atoms with E-state index in [0.717, 1.165) is 56.9 Å². The fourth-order valence-corrected chi connectivity index (χ4v) is 16.3. The molecule has 0 spiro atoms. The van der Waals surface area contributed by atoms with Crippen LogP contribution in [0.5, 0.6) is 0 Å². The van der Waals surface area contributed by atoms with Gasteiger partial charge in [0, 0.05) is 49.2 Å². The Hall–Kier alpha value is -10.2. The Kier molecular flexibility index (Phi) is 8.65. The van der Waals surface area contributed by atoms with Gasteiger partial charge in [0.1, 0.15) is 0 Å². The van der Waals surface area contributed by atoms with Crippen LogP contribution in [-0.4, -0.2) is 13.4 Å². The van der Waals surface area contributed by atoms with Gasteiger partial charge < -0.3 is 35.1 Å². The van der Waals surface area contributed by atoms with Crippen molar-refractivity contribution in [2.24, 2.45) is 0 Å². The van der Waals surface area contributed by atoms with Gasteiger partial charge in [-0.2, -0.15) is 11.3 Å². The third-order valence-corrected chi connectivity index (χ3v) is 19.2. The van der Waals surface area contributed by atoms with Gasteiger partial charge in [-0.25, -0.2) is 0 Å². The molecule has 0 unspecified atom stereocenters. The van der Waals surface area contributed by atoms with Crippen molar-refractivity contribution in [3.05, 3.63) is 248 Å². The normalized spacial score (nSPS) is 14.0. The lowest BCUT2D eigenvalue weighted by Crippen LogP contribution is -2.61. The van der Waals surface area contributed by atoms with E-state index in [-0.39, 0.29) is 13.4 Å². The smallest absolute Gasteiger partial charge is 0.264 e. The molecule has 0 saturated carbocycles. The number of rotatable bonds is 5. The fraction of sp³-hybridized carbons (Fsp3) is 0.0141. The average molecular weight is 1050 g/mol. The molecule has 2 N–H and O–H groups in total. The number of para-hydroxylation sites is 8. The van der Waals surface area contributed by atoms with Gasteiger partial charge in [0.2, 0.25) is 0 Å². The van der Waals surface area contributed by atoms with Crippen LogP contribution in [0.1, 0.15) is 5.56 Å². The number of thiophene rings is 1. The predicted octanol–water partition coefficient (Wildman–Crippen LogP) is 15.5. The molecular formula is C71H45B2N7S. The fourth-order valence-electron chi connectivity index (χ4n) is 14.8. The standard InChI is InChI=1S/C71H45B2N7S/c1-42-36-59-63-60(37-42)79-57-32-18-19-33-58(57)80-62-41-48(76(46-24-10-4-11-25-46)47-26-12-5-13-27-47)40-61-64(62)72(50-35-34-49(44-22-8-3-9-23-44)65-67(50)78(61)56-31-17-15-29-53(56)75-65)70-68(80)69(79)71(81-70)73(63)51-38-45(43-20-6-2-7-21-43)39-54-66(51)77(59)55-30-16-14-28-52(55)74-54/h2-41,74-75H,1H3. The van der Waals surface area contributed by atoms with Crippen LogP contribution in [0.3, 0.4) is 0 Å². The Morgan fingerprint density at radius 2 is 0.815 bits per heavy atom. The predicted molar refractivity (Wildman–Crippen MR) is 343 cm³/mol. The Morgan fingerprint density at radius 1 is 0.346 bits per heavy atom. The first-order valence-electron chi connectivity index (χ1n) is 28.0. The van der Waals surface area contributed by atoms with Crippen molar-refractivity contribution in [3.63, 3.8) is 0 Å². The molecule has 0 amide bonds. The zero-order chi connectivity index (χ0) is 52.8. The molecule has 81 heavy (non-hydrogen) atoms. The maximum atomic E-state index is 4.08. The summed E-state index contributed by atoms with van der Waals surface area (Å²) in [6.45, 7) is 2.10. The highest BCUT2D eigenvalue weighted by Gasteiger charge is 2.55. The first-order valence-corrected chi connectivity index (χ1v) is 28.8. The highest BCUT2D eigenvalue weighted by atomic mass is 32.1. The maximum Gasteiger partial charge on any atom is 0.264 e. The van der Waals surface area contributed by atoms with E-state index < -0.39 is 0 Å². The van der Waals surface area contributed by atoms with Gasteiger partial charge in [-0.1, -0.05) is 152 Å². The summed E-state index contributed by atoms with van der Waals surface area (Å²) in [6, 6.07) is 90.2. The summed E-state index contributed by atoms with van der Waals surface area (Å²) in [5.74, 6) is 0. The van der Waals surface area contributed by atoms with Crippen LogP contribution in [0.4, 0.5) is 108 Å². The number of hydrogen-bond acceptors (Lipinski definition) is 8. The topological polar surface area (TPSA) is 40.3 Å². The summed E-state index contributed by atoms with van der Waals surface area (Å²) in [4.78, 5) is 13.0. The zero-order valence-electron chi connectivity index (χ0n) is 43.9. The molecular weight excluding hydrogens is 1000 g/mol. The molecule has 0 fully saturated rings. The second-order valence-electron chi connectivity index (χ2n) is 22.2. The zero-order valence-corrected chi connectivity index (χ0v) is 44.7. The van der Waals surface area contributed by atoms with Gasteiger partial charge >= 0.3 is 0 Å². The molecule has 376 valence electrons. The molecule has 7 aliphatic rings. The molecule has 11 aromatic carbocycles. The van der Waals surface area contributed by atoms with Crippen molar-refractivity contribution >= 4 is 164 Å². The molecule has 7 nitrogen and oxygen atoms in total. The van der Waals surface area contributed by atoms with E-state index in [1.165, 1.54) is 110 Å². The Balaban J connectivity index is 0.951. The lowest BCUT2D eigenvalue weighted by molar-refractivity contribution is 1.17. The summed E-state index contributed by atoms with van der Waals surface area (Å²) in [7, 11) is 0. The summed E-state index contributed by atoms with van der Waals surface area (Å²) in [6.07, 6.45) is 0. The Morgan fingerprint density at radius 3 is 1.41 bits per heavy atom. The monoisotopic (exact) mass is 1050 g/mol. The third-order valence-electron chi connectivity index (χ3n) is 17.9.